The van der Waals surface area contributed by atoms with Gasteiger partial charge in [-0.3, -0.25) is 9.48 Å². The van der Waals surface area contributed by atoms with E-state index in [1.165, 1.54) is 12.5 Å². The van der Waals surface area contributed by atoms with Gasteiger partial charge >= 0.3 is 5.97 Å². The maximum atomic E-state index is 11.1. The van der Waals surface area contributed by atoms with Crippen molar-refractivity contribution in [3.8, 4) is 6.07 Å². The lowest BCUT2D eigenvalue weighted by atomic mass is 9.86. The van der Waals surface area contributed by atoms with Gasteiger partial charge in [0.15, 0.2) is 5.76 Å². The van der Waals surface area contributed by atoms with Crippen LogP contribution in [0.3, 0.4) is 0 Å². The molecule has 2 rings (SSSR count). The number of esters is 1. The first-order valence-corrected chi connectivity index (χ1v) is 9.23. The minimum Gasteiger partial charge on any atom is -0.454 e. The number of hydrogen-bond donors (Lipinski definition) is 0. The Kier molecular flexibility index (Phi) is 6.63. The third-order valence-electron chi connectivity index (χ3n) is 4.28. The van der Waals surface area contributed by atoms with Crippen LogP contribution in [-0.4, -0.2) is 22.5 Å². The first-order chi connectivity index (χ1) is 13.2. The third-order valence-corrected chi connectivity index (χ3v) is 4.28. The fourth-order valence-corrected chi connectivity index (χ4v) is 2.80. The highest BCUT2D eigenvalue weighted by Gasteiger charge is 2.20. The van der Waals surface area contributed by atoms with Gasteiger partial charge in [-0.25, -0.2) is 0 Å². The van der Waals surface area contributed by atoms with Crippen LogP contribution in [0.5, 0.6) is 0 Å². The quantitative estimate of drug-likeness (QED) is 0.320. The number of allylic oxidation sites excluding steroid dienone is 1. The minimum absolute atomic E-state index is 0.0155. The summed E-state index contributed by atoms with van der Waals surface area (Å²) in [4.78, 5) is 11.1. The van der Waals surface area contributed by atoms with Gasteiger partial charge in [0.25, 0.3) is 0 Å². The van der Waals surface area contributed by atoms with Crippen molar-refractivity contribution in [2.45, 2.75) is 53.5 Å². The predicted octanol–water partition coefficient (Wildman–Crippen LogP) is 4.44. The van der Waals surface area contributed by atoms with Crippen molar-refractivity contribution in [1.29, 1.82) is 5.26 Å². The van der Waals surface area contributed by atoms with Crippen molar-refractivity contribution in [2.24, 2.45) is 0 Å². The molecule has 0 radical (unpaired) electrons. The predicted molar refractivity (Wildman–Crippen MR) is 108 cm³/mol. The van der Waals surface area contributed by atoms with E-state index in [9.17, 15) is 10.1 Å². The lowest BCUT2D eigenvalue weighted by Gasteiger charge is -2.19. The van der Waals surface area contributed by atoms with Crippen LogP contribution in [0.2, 0.25) is 0 Å². The van der Waals surface area contributed by atoms with Crippen LogP contribution in [-0.2, 0) is 26.2 Å². The van der Waals surface area contributed by atoms with Gasteiger partial charge in [-0.15, -0.1) is 0 Å². The Hall–Kier alpha value is -3.07. The number of hydrogen-bond acceptors (Lipinski definition) is 5. The molecule has 28 heavy (non-hydrogen) atoms. The molecule has 6 nitrogen and oxygen atoms in total. The maximum Gasteiger partial charge on any atom is 0.305 e. The first kappa shape index (κ1) is 21.2. The summed E-state index contributed by atoms with van der Waals surface area (Å²) in [5, 5.41) is 14.3. The van der Waals surface area contributed by atoms with Gasteiger partial charge in [0.05, 0.1) is 5.69 Å². The third kappa shape index (κ3) is 5.01. The molecule has 0 aliphatic heterocycles. The molecule has 0 aliphatic rings. The molecule has 2 aromatic rings. The average molecular weight is 381 g/mol. The van der Waals surface area contributed by atoms with Gasteiger partial charge in [0.1, 0.15) is 17.3 Å². The Morgan fingerprint density at radius 3 is 2.36 bits per heavy atom. The van der Waals surface area contributed by atoms with Crippen molar-refractivity contribution in [2.75, 3.05) is 6.79 Å². The molecule has 1 heterocycles. The zero-order valence-electron chi connectivity index (χ0n) is 17.4. The van der Waals surface area contributed by atoms with Gasteiger partial charge in [-0.1, -0.05) is 45.0 Å². The molecular formula is C22H27N3O3. The monoisotopic (exact) mass is 381 g/mol. The number of rotatable bonds is 6. The fourth-order valence-electron chi connectivity index (χ4n) is 2.80. The van der Waals surface area contributed by atoms with Crippen LogP contribution >= 0.6 is 0 Å². The molecule has 6 heteroatoms. The first-order valence-electron chi connectivity index (χ1n) is 9.23. The molecule has 0 unspecified atom stereocenters. The fraction of sp³-hybridized carbons (Fsp3) is 0.409. The summed E-state index contributed by atoms with van der Waals surface area (Å²) in [7, 11) is 0. The van der Waals surface area contributed by atoms with E-state index in [2.05, 4.69) is 31.9 Å². The number of aryl methyl sites for hydroxylation is 2. The van der Waals surface area contributed by atoms with Crippen molar-refractivity contribution < 1.29 is 14.3 Å². The second-order valence-corrected chi connectivity index (χ2v) is 7.53. The van der Waals surface area contributed by atoms with Crippen LogP contribution < -0.4 is 0 Å². The van der Waals surface area contributed by atoms with Crippen molar-refractivity contribution in [3.63, 3.8) is 0 Å². The van der Waals surface area contributed by atoms with Gasteiger partial charge in [0.2, 0.25) is 6.79 Å². The van der Waals surface area contributed by atoms with Crippen LogP contribution in [0, 0.1) is 18.3 Å². The average Bonchev–Trinajstić information content (AvgIpc) is 3.01. The van der Waals surface area contributed by atoms with Crippen molar-refractivity contribution in [3.05, 3.63) is 52.8 Å². The summed E-state index contributed by atoms with van der Waals surface area (Å²) in [5.41, 5.74) is 3.76. The molecule has 0 atom stereocenters. The molecule has 148 valence electrons. The number of carbonyl (C=O) groups excluding carboxylic acids is 1. The maximum absolute atomic E-state index is 11.1. The molecule has 1 aromatic carbocycles. The van der Waals surface area contributed by atoms with Crippen LogP contribution in [0.25, 0.3) is 11.3 Å². The van der Waals surface area contributed by atoms with E-state index in [4.69, 9.17) is 9.47 Å². The Labute approximate surface area is 166 Å². The second kappa shape index (κ2) is 8.75. The molecule has 0 aliphatic carbocycles. The molecule has 0 fully saturated rings. The standard InChI is InChI=1S/C22H27N3O3/c1-7-25-20(12-15(2)24-25)21(28-14-27-16(3)26)19(13-23)17-8-10-18(11-9-17)22(4,5)6/h8-12H,7,14H2,1-6H3/b21-19-. The summed E-state index contributed by atoms with van der Waals surface area (Å²) in [6.45, 7) is 11.9. The van der Waals surface area contributed by atoms with E-state index in [0.29, 0.717) is 23.6 Å². The Bertz CT molecular complexity index is 910. The molecule has 0 spiro atoms. The highest BCUT2D eigenvalue weighted by molar-refractivity contribution is 5.94. The molecule has 0 bridgehead atoms. The van der Waals surface area contributed by atoms with Gasteiger partial charge in [0, 0.05) is 13.5 Å². The van der Waals surface area contributed by atoms with Gasteiger partial charge in [-0.2, -0.15) is 10.4 Å². The second-order valence-electron chi connectivity index (χ2n) is 7.53. The Morgan fingerprint density at radius 1 is 1.21 bits per heavy atom. The van der Waals surface area contributed by atoms with Crippen molar-refractivity contribution in [1.82, 2.24) is 9.78 Å². The largest absolute Gasteiger partial charge is 0.454 e. The summed E-state index contributed by atoms with van der Waals surface area (Å²) < 4.78 is 12.5. The summed E-state index contributed by atoms with van der Waals surface area (Å²) >= 11 is 0. The number of benzene rings is 1. The summed E-state index contributed by atoms with van der Waals surface area (Å²) in [6.07, 6.45) is 0. The van der Waals surface area contributed by atoms with Crippen LogP contribution in [0.4, 0.5) is 0 Å². The molecule has 0 N–H and O–H groups in total. The van der Waals surface area contributed by atoms with Gasteiger partial charge in [-0.05, 0) is 36.5 Å². The number of nitriles is 1. The number of carbonyl (C=O) groups is 1. The molecule has 1 aromatic heterocycles. The summed E-state index contributed by atoms with van der Waals surface area (Å²) in [5.74, 6) is -0.109. The zero-order chi connectivity index (χ0) is 20.9. The minimum atomic E-state index is -0.451. The lowest BCUT2D eigenvalue weighted by molar-refractivity contribution is -0.148. The molecule has 0 amide bonds. The molecular weight excluding hydrogens is 354 g/mol. The highest BCUT2D eigenvalue weighted by atomic mass is 16.7. The van der Waals surface area contributed by atoms with E-state index < -0.39 is 5.97 Å². The van der Waals surface area contributed by atoms with E-state index in [1.807, 2.05) is 44.2 Å². The number of aromatic nitrogens is 2. The SMILES string of the molecule is CCn1nc(C)cc1/C(OCOC(C)=O)=C(\C#N)c1ccc(C(C)(C)C)cc1. The number of ether oxygens (including phenoxy) is 2. The Balaban J connectivity index is 2.57. The van der Waals surface area contributed by atoms with E-state index in [1.54, 1.807) is 4.68 Å². The van der Waals surface area contributed by atoms with E-state index >= 15 is 0 Å². The van der Waals surface area contributed by atoms with E-state index in [0.717, 1.165) is 11.3 Å². The van der Waals surface area contributed by atoms with Gasteiger partial charge < -0.3 is 9.47 Å². The lowest BCUT2D eigenvalue weighted by Crippen LogP contribution is -2.11. The highest BCUT2D eigenvalue weighted by Crippen LogP contribution is 2.30. The molecule has 0 saturated carbocycles. The molecule has 0 saturated heterocycles. The van der Waals surface area contributed by atoms with E-state index in [-0.39, 0.29) is 12.2 Å². The number of nitrogens with zero attached hydrogens (tertiary/aromatic N) is 3. The topological polar surface area (TPSA) is 77.1 Å². The normalized spacial score (nSPS) is 12.2. The van der Waals surface area contributed by atoms with Crippen LogP contribution in [0.1, 0.15) is 57.1 Å². The zero-order valence-corrected chi connectivity index (χ0v) is 17.4. The Morgan fingerprint density at radius 2 is 1.86 bits per heavy atom. The van der Waals surface area contributed by atoms with Crippen molar-refractivity contribution >= 4 is 17.3 Å². The smallest absolute Gasteiger partial charge is 0.305 e. The summed E-state index contributed by atoms with van der Waals surface area (Å²) in [6, 6.07) is 11.9. The van der Waals surface area contributed by atoms with Crippen LogP contribution in [0.15, 0.2) is 30.3 Å².